The highest BCUT2D eigenvalue weighted by molar-refractivity contribution is 5.24. The van der Waals surface area contributed by atoms with E-state index in [-0.39, 0.29) is 11.5 Å². The van der Waals surface area contributed by atoms with Gasteiger partial charge in [-0.2, -0.15) is 5.26 Å². The van der Waals surface area contributed by atoms with Gasteiger partial charge in [-0.05, 0) is 44.7 Å². The van der Waals surface area contributed by atoms with Crippen LogP contribution in [0.5, 0.6) is 0 Å². The van der Waals surface area contributed by atoms with Crippen LogP contribution in [0.3, 0.4) is 0 Å². The molecule has 1 aromatic carbocycles. The maximum absolute atomic E-state index is 9.01. The van der Waals surface area contributed by atoms with Gasteiger partial charge in [0.1, 0.15) is 0 Å². The molecule has 0 bridgehead atoms. The van der Waals surface area contributed by atoms with Crippen molar-refractivity contribution >= 4 is 0 Å². The average molecular weight is 258 g/mol. The van der Waals surface area contributed by atoms with Crippen LogP contribution in [0.25, 0.3) is 0 Å². The zero-order valence-corrected chi connectivity index (χ0v) is 12.7. The number of hydrogen-bond acceptors (Lipinski definition) is 2. The van der Waals surface area contributed by atoms with E-state index in [1.165, 1.54) is 30.4 Å². The van der Waals surface area contributed by atoms with Crippen LogP contribution in [-0.4, -0.2) is 6.54 Å². The number of benzene rings is 1. The van der Waals surface area contributed by atoms with E-state index in [1.54, 1.807) is 0 Å². The molecule has 1 unspecified atom stereocenters. The van der Waals surface area contributed by atoms with E-state index in [4.69, 9.17) is 5.26 Å². The number of nitriles is 1. The summed E-state index contributed by atoms with van der Waals surface area (Å²) >= 11 is 0. The number of aryl methyl sites for hydroxylation is 1. The van der Waals surface area contributed by atoms with Crippen LogP contribution in [0.4, 0.5) is 0 Å². The molecule has 0 amide bonds. The minimum absolute atomic E-state index is 0.285. The SMILES string of the molecule is CCCCc1ccc(C(C)NCC(C)(C)C#N)cc1. The smallest absolute Gasteiger partial charge is 0.0697 e. The van der Waals surface area contributed by atoms with Crippen LogP contribution >= 0.6 is 0 Å². The molecular formula is C17H26N2. The Kier molecular flexibility index (Phi) is 6.05. The Morgan fingerprint density at radius 2 is 1.89 bits per heavy atom. The number of nitrogens with one attached hydrogen (secondary N) is 1. The Morgan fingerprint density at radius 3 is 2.42 bits per heavy atom. The Bertz CT molecular complexity index is 412. The minimum atomic E-state index is -0.310. The summed E-state index contributed by atoms with van der Waals surface area (Å²) in [5.74, 6) is 0. The molecule has 0 heterocycles. The molecule has 0 radical (unpaired) electrons. The first kappa shape index (κ1) is 15.7. The summed E-state index contributed by atoms with van der Waals surface area (Å²) in [5.41, 5.74) is 2.39. The first-order valence-corrected chi connectivity index (χ1v) is 7.22. The van der Waals surface area contributed by atoms with Crippen molar-refractivity contribution in [2.45, 2.75) is 53.0 Å². The topological polar surface area (TPSA) is 35.8 Å². The minimum Gasteiger partial charge on any atom is -0.309 e. The van der Waals surface area contributed by atoms with E-state index in [1.807, 2.05) is 13.8 Å². The van der Waals surface area contributed by atoms with Crippen molar-refractivity contribution < 1.29 is 0 Å². The lowest BCUT2D eigenvalue weighted by Crippen LogP contribution is -2.30. The zero-order chi connectivity index (χ0) is 14.3. The van der Waals surface area contributed by atoms with Gasteiger partial charge in [-0.1, -0.05) is 37.6 Å². The predicted octanol–water partition coefficient (Wildman–Crippen LogP) is 4.23. The van der Waals surface area contributed by atoms with Gasteiger partial charge < -0.3 is 5.32 Å². The van der Waals surface area contributed by atoms with Gasteiger partial charge in [0.05, 0.1) is 11.5 Å². The molecule has 1 N–H and O–H groups in total. The van der Waals surface area contributed by atoms with Gasteiger partial charge in [0.2, 0.25) is 0 Å². The van der Waals surface area contributed by atoms with Gasteiger partial charge in [-0.15, -0.1) is 0 Å². The standard InChI is InChI=1S/C17H26N2/c1-5-6-7-15-8-10-16(11-9-15)14(2)19-13-17(3,4)12-18/h8-11,14,19H,5-7,13H2,1-4H3. The molecule has 1 rings (SSSR count). The lowest BCUT2D eigenvalue weighted by molar-refractivity contribution is 0.415. The van der Waals surface area contributed by atoms with Crippen molar-refractivity contribution in [2.24, 2.45) is 5.41 Å². The van der Waals surface area contributed by atoms with Crippen LogP contribution in [0.15, 0.2) is 24.3 Å². The quantitative estimate of drug-likeness (QED) is 0.794. The summed E-state index contributed by atoms with van der Waals surface area (Å²) in [6.45, 7) is 9.00. The molecule has 0 spiro atoms. The fourth-order valence-electron chi connectivity index (χ4n) is 1.92. The fourth-order valence-corrected chi connectivity index (χ4v) is 1.92. The first-order chi connectivity index (χ1) is 8.98. The van der Waals surface area contributed by atoms with E-state index < -0.39 is 0 Å². The highest BCUT2D eigenvalue weighted by Gasteiger charge is 2.17. The Hall–Kier alpha value is -1.33. The van der Waals surface area contributed by atoms with Crippen molar-refractivity contribution in [3.8, 4) is 6.07 Å². The molecule has 0 fully saturated rings. The summed E-state index contributed by atoms with van der Waals surface area (Å²) in [5, 5.41) is 12.4. The summed E-state index contributed by atoms with van der Waals surface area (Å²) in [6, 6.07) is 11.4. The molecule has 0 aromatic heterocycles. The second-order valence-corrected chi connectivity index (χ2v) is 5.94. The summed E-state index contributed by atoms with van der Waals surface area (Å²) in [4.78, 5) is 0. The third-order valence-corrected chi connectivity index (χ3v) is 3.45. The molecule has 0 aliphatic rings. The zero-order valence-electron chi connectivity index (χ0n) is 12.7. The molecule has 0 saturated carbocycles. The van der Waals surface area contributed by atoms with Crippen molar-refractivity contribution in [2.75, 3.05) is 6.54 Å². The molecule has 1 aromatic rings. The van der Waals surface area contributed by atoms with Crippen molar-refractivity contribution in [1.82, 2.24) is 5.32 Å². The maximum Gasteiger partial charge on any atom is 0.0697 e. The van der Waals surface area contributed by atoms with E-state index >= 15 is 0 Å². The maximum atomic E-state index is 9.01. The monoisotopic (exact) mass is 258 g/mol. The third kappa shape index (κ3) is 5.44. The Labute approximate surface area is 117 Å². The molecule has 19 heavy (non-hydrogen) atoms. The lowest BCUT2D eigenvalue weighted by Gasteiger charge is -2.21. The second kappa shape index (κ2) is 7.31. The lowest BCUT2D eigenvalue weighted by atomic mass is 9.95. The van der Waals surface area contributed by atoms with Crippen molar-refractivity contribution in [3.05, 3.63) is 35.4 Å². The fraction of sp³-hybridized carbons (Fsp3) is 0.588. The summed E-state index contributed by atoms with van der Waals surface area (Å²) in [6.07, 6.45) is 3.66. The molecule has 0 aliphatic heterocycles. The number of unbranched alkanes of at least 4 members (excludes halogenated alkanes) is 1. The molecule has 2 nitrogen and oxygen atoms in total. The Morgan fingerprint density at radius 1 is 1.26 bits per heavy atom. The van der Waals surface area contributed by atoms with Crippen LogP contribution in [0, 0.1) is 16.7 Å². The predicted molar refractivity (Wildman–Crippen MR) is 80.9 cm³/mol. The van der Waals surface area contributed by atoms with Gasteiger partial charge in [0.15, 0.2) is 0 Å². The van der Waals surface area contributed by atoms with Crippen LogP contribution < -0.4 is 5.32 Å². The average Bonchev–Trinajstić information content (AvgIpc) is 2.43. The van der Waals surface area contributed by atoms with Gasteiger partial charge in [0, 0.05) is 12.6 Å². The highest BCUT2D eigenvalue weighted by Crippen LogP contribution is 2.17. The largest absolute Gasteiger partial charge is 0.309 e. The van der Waals surface area contributed by atoms with E-state index in [0.29, 0.717) is 6.54 Å². The van der Waals surface area contributed by atoms with Gasteiger partial charge in [0.25, 0.3) is 0 Å². The first-order valence-electron chi connectivity index (χ1n) is 7.22. The van der Waals surface area contributed by atoms with Crippen LogP contribution in [0.2, 0.25) is 0 Å². The van der Waals surface area contributed by atoms with Crippen molar-refractivity contribution in [1.29, 1.82) is 5.26 Å². The van der Waals surface area contributed by atoms with E-state index in [9.17, 15) is 0 Å². The normalized spacial score (nSPS) is 13.0. The van der Waals surface area contributed by atoms with E-state index in [2.05, 4.69) is 49.5 Å². The summed E-state index contributed by atoms with van der Waals surface area (Å²) in [7, 11) is 0. The van der Waals surface area contributed by atoms with Gasteiger partial charge in [-0.25, -0.2) is 0 Å². The van der Waals surface area contributed by atoms with Crippen LogP contribution in [0.1, 0.15) is 57.7 Å². The second-order valence-electron chi connectivity index (χ2n) is 5.94. The van der Waals surface area contributed by atoms with Gasteiger partial charge >= 0.3 is 0 Å². The molecule has 104 valence electrons. The third-order valence-electron chi connectivity index (χ3n) is 3.45. The molecule has 0 aliphatic carbocycles. The number of hydrogen-bond donors (Lipinski definition) is 1. The van der Waals surface area contributed by atoms with Crippen LogP contribution in [-0.2, 0) is 6.42 Å². The van der Waals surface area contributed by atoms with Gasteiger partial charge in [-0.3, -0.25) is 0 Å². The van der Waals surface area contributed by atoms with Crippen molar-refractivity contribution in [3.63, 3.8) is 0 Å². The highest BCUT2D eigenvalue weighted by atomic mass is 14.9. The number of rotatable bonds is 7. The molecular weight excluding hydrogens is 232 g/mol. The molecule has 2 heteroatoms. The number of nitrogens with zero attached hydrogens (tertiary/aromatic N) is 1. The summed E-state index contributed by atoms with van der Waals surface area (Å²) < 4.78 is 0. The molecule has 1 atom stereocenters. The van der Waals surface area contributed by atoms with E-state index in [0.717, 1.165) is 0 Å². The Balaban J connectivity index is 2.53. The molecule has 0 saturated heterocycles.